The predicted octanol–water partition coefficient (Wildman–Crippen LogP) is 2.49. The number of rotatable bonds is 2. The van der Waals surface area contributed by atoms with Gasteiger partial charge in [-0.05, 0) is 42.7 Å². The molecule has 1 saturated carbocycles. The Morgan fingerprint density at radius 1 is 1.00 bits per heavy atom. The molecule has 3 atom stereocenters. The summed E-state index contributed by atoms with van der Waals surface area (Å²) in [6.07, 6.45) is 6.86. The summed E-state index contributed by atoms with van der Waals surface area (Å²) in [5.74, 6) is 1.46. The number of imide groups is 1. The normalized spacial score (nSPS) is 31.4. The molecule has 96 valence electrons. The minimum absolute atomic E-state index is 0.118. The van der Waals surface area contributed by atoms with Crippen LogP contribution in [0.2, 0.25) is 0 Å². The first-order chi connectivity index (χ1) is 9.24. The van der Waals surface area contributed by atoms with Gasteiger partial charge in [-0.3, -0.25) is 14.5 Å². The van der Waals surface area contributed by atoms with Crippen LogP contribution >= 0.6 is 0 Å². The molecule has 4 rings (SSSR count). The highest BCUT2D eigenvalue weighted by Gasteiger charge is 2.41. The van der Waals surface area contributed by atoms with Gasteiger partial charge in [-0.15, -0.1) is 0 Å². The molecule has 1 aromatic rings. The van der Waals surface area contributed by atoms with E-state index >= 15 is 0 Å². The molecule has 3 heteroatoms. The minimum Gasteiger partial charge on any atom is -0.274 e. The summed E-state index contributed by atoms with van der Waals surface area (Å²) in [4.78, 5) is 26.0. The number of carbonyl (C=O) groups excluding carboxylic acids is 2. The number of amides is 2. The van der Waals surface area contributed by atoms with Crippen LogP contribution in [0.4, 0.5) is 0 Å². The quantitative estimate of drug-likeness (QED) is 0.600. The summed E-state index contributed by atoms with van der Waals surface area (Å²) in [5, 5.41) is 0. The van der Waals surface area contributed by atoms with Crippen molar-refractivity contribution in [2.75, 3.05) is 6.54 Å². The second-order valence-electron chi connectivity index (χ2n) is 5.81. The third-order valence-electron chi connectivity index (χ3n) is 4.71. The van der Waals surface area contributed by atoms with Crippen LogP contribution in [0.25, 0.3) is 0 Å². The molecule has 1 aromatic carbocycles. The third-order valence-corrected chi connectivity index (χ3v) is 4.71. The van der Waals surface area contributed by atoms with Gasteiger partial charge in [-0.2, -0.15) is 0 Å². The first-order valence-corrected chi connectivity index (χ1v) is 6.87. The maximum atomic E-state index is 12.3. The predicted molar refractivity (Wildman–Crippen MR) is 70.7 cm³/mol. The molecular weight excluding hydrogens is 238 g/mol. The molecule has 1 fully saturated rings. The zero-order valence-corrected chi connectivity index (χ0v) is 10.6. The molecule has 2 aliphatic carbocycles. The van der Waals surface area contributed by atoms with Crippen molar-refractivity contribution < 1.29 is 9.59 Å². The van der Waals surface area contributed by atoms with Gasteiger partial charge in [0.2, 0.25) is 0 Å². The van der Waals surface area contributed by atoms with Gasteiger partial charge in [0.1, 0.15) is 0 Å². The molecule has 19 heavy (non-hydrogen) atoms. The number of allylic oxidation sites excluding steroid dienone is 2. The van der Waals surface area contributed by atoms with Crippen LogP contribution in [0.1, 0.15) is 33.6 Å². The molecule has 1 aliphatic heterocycles. The highest BCUT2D eigenvalue weighted by Crippen LogP contribution is 2.44. The lowest BCUT2D eigenvalue weighted by atomic mass is 9.93. The van der Waals surface area contributed by atoms with Crippen molar-refractivity contribution >= 4 is 11.8 Å². The monoisotopic (exact) mass is 253 g/mol. The van der Waals surface area contributed by atoms with Crippen molar-refractivity contribution in [1.29, 1.82) is 0 Å². The zero-order valence-electron chi connectivity index (χ0n) is 10.6. The van der Waals surface area contributed by atoms with Crippen molar-refractivity contribution in [2.45, 2.75) is 12.8 Å². The van der Waals surface area contributed by atoms with Crippen molar-refractivity contribution in [2.24, 2.45) is 17.8 Å². The van der Waals surface area contributed by atoms with Gasteiger partial charge in [-0.25, -0.2) is 0 Å². The molecule has 2 amide bonds. The summed E-state index contributed by atoms with van der Waals surface area (Å²) < 4.78 is 0. The van der Waals surface area contributed by atoms with Gasteiger partial charge >= 0.3 is 0 Å². The largest absolute Gasteiger partial charge is 0.274 e. The molecule has 0 saturated heterocycles. The van der Waals surface area contributed by atoms with E-state index in [1.54, 1.807) is 12.1 Å². The topological polar surface area (TPSA) is 37.4 Å². The average molecular weight is 253 g/mol. The summed E-state index contributed by atoms with van der Waals surface area (Å²) in [5.41, 5.74) is 1.12. The van der Waals surface area contributed by atoms with E-state index in [0.29, 0.717) is 35.4 Å². The van der Waals surface area contributed by atoms with Gasteiger partial charge in [0.25, 0.3) is 11.8 Å². The third kappa shape index (κ3) is 1.51. The van der Waals surface area contributed by atoms with Crippen LogP contribution in [0.5, 0.6) is 0 Å². The van der Waals surface area contributed by atoms with Gasteiger partial charge in [0, 0.05) is 6.54 Å². The smallest absolute Gasteiger partial charge is 0.261 e. The van der Waals surface area contributed by atoms with Gasteiger partial charge in [0.15, 0.2) is 0 Å². The summed E-state index contributed by atoms with van der Waals surface area (Å²) >= 11 is 0. The molecule has 0 radical (unpaired) electrons. The van der Waals surface area contributed by atoms with Crippen LogP contribution in [-0.4, -0.2) is 23.3 Å². The number of hydrogen-bond donors (Lipinski definition) is 0. The Bertz CT molecular complexity index is 570. The molecule has 1 heterocycles. The fraction of sp³-hybridized carbons (Fsp3) is 0.375. The Kier molecular flexibility index (Phi) is 2.19. The first kappa shape index (κ1) is 11.0. The number of nitrogens with zero attached hydrogens (tertiary/aromatic N) is 1. The summed E-state index contributed by atoms with van der Waals surface area (Å²) in [7, 11) is 0. The molecule has 3 nitrogen and oxygen atoms in total. The lowest BCUT2D eigenvalue weighted by Crippen LogP contribution is -2.35. The van der Waals surface area contributed by atoms with Crippen LogP contribution < -0.4 is 0 Å². The SMILES string of the molecule is O=C1c2ccccc2C(=O)N1C[C@@H]1C[C@@H]2C=C[C@H]1C2. The number of fused-ring (bicyclic) bond motifs is 3. The molecule has 0 aromatic heterocycles. The maximum absolute atomic E-state index is 12.3. The fourth-order valence-electron chi connectivity index (χ4n) is 3.74. The van der Waals surface area contributed by atoms with Crippen molar-refractivity contribution in [1.82, 2.24) is 4.90 Å². The van der Waals surface area contributed by atoms with E-state index in [1.807, 2.05) is 12.1 Å². The van der Waals surface area contributed by atoms with Crippen molar-refractivity contribution in [3.63, 3.8) is 0 Å². The van der Waals surface area contributed by atoms with E-state index in [1.165, 1.54) is 11.3 Å². The highest BCUT2D eigenvalue weighted by molar-refractivity contribution is 6.21. The lowest BCUT2D eigenvalue weighted by molar-refractivity contribution is 0.0621. The Morgan fingerprint density at radius 3 is 2.21 bits per heavy atom. The fourth-order valence-corrected chi connectivity index (χ4v) is 3.74. The zero-order chi connectivity index (χ0) is 13.0. The second-order valence-corrected chi connectivity index (χ2v) is 5.81. The Labute approximate surface area is 111 Å². The van der Waals surface area contributed by atoms with Crippen LogP contribution in [0.15, 0.2) is 36.4 Å². The van der Waals surface area contributed by atoms with E-state index in [9.17, 15) is 9.59 Å². The highest BCUT2D eigenvalue weighted by atomic mass is 16.2. The Morgan fingerprint density at radius 2 is 1.68 bits per heavy atom. The minimum atomic E-state index is -0.118. The van der Waals surface area contributed by atoms with Crippen LogP contribution in [0.3, 0.4) is 0 Å². The molecule has 2 bridgehead atoms. The second kappa shape index (κ2) is 3.80. The maximum Gasteiger partial charge on any atom is 0.261 e. The van der Waals surface area contributed by atoms with Crippen molar-refractivity contribution in [3.05, 3.63) is 47.5 Å². The average Bonchev–Trinajstić information content (AvgIpc) is 3.10. The molecule has 3 aliphatic rings. The van der Waals surface area contributed by atoms with Gasteiger partial charge in [0.05, 0.1) is 11.1 Å². The molecular formula is C16H15NO2. The molecule has 0 unspecified atom stereocenters. The summed E-state index contributed by atoms with van der Waals surface area (Å²) in [6, 6.07) is 7.12. The van der Waals surface area contributed by atoms with E-state index in [0.717, 1.165) is 6.42 Å². The number of carbonyl (C=O) groups is 2. The standard InChI is InChI=1S/C16H15NO2/c18-15-13-3-1-2-4-14(13)16(19)17(15)9-12-8-10-5-6-11(12)7-10/h1-6,10-12H,7-9H2/t10-,11+,12+/m1/s1. The van der Waals surface area contributed by atoms with Crippen molar-refractivity contribution in [3.8, 4) is 0 Å². The Hall–Kier alpha value is -1.90. The number of hydrogen-bond acceptors (Lipinski definition) is 2. The molecule has 0 N–H and O–H groups in total. The lowest BCUT2D eigenvalue weighted by Gasteiger charge is -2.23. The van der Waals surface area contributed by atoms with E-state index in [4.69, 9.17) is 0 Å². The van der Waals surface area contributed by atoms with E-state index in [-0.39, 0.29) is 11.8 Å². The van der Waals surface area contributed by atoms with Crippen LogP contribution in [0, 0.1) is 17.8 Å². The molecule has 0 spiro atoms. The van der Waals surface area contributed by atoms with E-state index in [2.05, 4.69) is 12.2 Å². The first-order valence-electron chi connectivity index (χ1n) is 6.87. The Balaban J connectivity index is 1.59. The summed E-state index contributed by atoms with van der Waals surface area (Å²) in [6.45, 7) is 0.581. The number of benzene rings is 1. The van der Waals surface area contributed by atoms with Gasteiger partial charge in [-0.1, -0.05) is 24.3 Å². The van der Waals surface area contributed by atoms with Gasteiger partial charge < -0.3 is 0 Å². The van der Waals surface area contributed by atoms with E-state index < -0.39 is 0 Å². The van der Waals surface area contributed by atoms with Crippen LogP contribution in [-0.2, 0) is 0 Å².